The van der Waals surface area contributed by atoms with Crippen LogP contribution in [0.5, 0.6) is 0 Å². The molecule has 18 heavy (non-hydrogen) atoms. The first kappa shape index (κ1) is 14.9. The summed E-state index contributed by atoms with van der Waals surface area (Å²) in [6.07, 6.45) is 0. The highest BCUT2D eigenvalue weighted by Gasteiger charge is 2.00. The smallest absolute Gasteiger partial charge is 0.335 e. The molecular formula is C14H12Br2O2. The minimum atomic E-state index is -0.902. The Labute approximate surface area is 123 Å². The van der Waals surface area contributed by atoms with Crippen molar-refractivity contribution in [1.29, 1.82) is 0 Å². The van der Waals surface area contributed by atoms with Gasteiger partial charge in [-0.25, -0.2) is 4.79 Å². The topological polar surface area (TPSA) is 37.3 Å². The number of alkyl halides is 1. The van der Waals surface area contributed by atoms with Gasteiger partial charge in [0.05, 0.1) is 5.56 Å². The monoisotopic (exact) mass is 370 g/mol. The maximum Gasteiger partial charge on any atom is 0.335 e. The van der Waals surface area contributed by atoms with Crippen molar-refractivity contribution < 1.29 is 9.90 Å². The highest BCUT2D eigenvalue weighted by Crippen LogP contribution is 2.10. The molecule has 0 heterocycles. The van der Waals surface area contributed by atoms with Crippen LogP contribution in [-0.4, -0.2) is 11.1 Å². The van der Waals surface area contributed by atoms with Crippen molar-refractivity contribution in [2.24, 2.45) is 0 Å². The van der Waals surface area contributed by atoms with Crippen LogP contribution in [0.2, 0.25) is 0 Å². The minimum Gasteiger partial charge on any atom is -0.478 e. The summed E-state index contributed by atoms with van der Waals surface area (Å²) in [7, 11) is 0. The van der Waals surface area contributed by atoms with Gasteiger partial charge >= 0.3 is 5.97 Å². The van der Waals surface area contributed by atoms with Gasteiger partial charge in [-0.15, -0.1) is 0 Å². The number of benzene rings is 2. The molecule has 0 saturated heterocycles. The first-order valence-corrected chi connectivity index (χ1v) is 7.13. The fourth-order valence-electron chi connectivity index (χ4n) is 1.19. The lowest BCUT2D eigenvalue weighted by molar-refractivity contribution is 0.0697. The first-order valence-electron chi connectivity index (χ1n) is 5.22. The maximum absolute atomic E-state index is 10.3. The van der Waals surface area contributed by atoms with Gasteiger partial charge in [-0.3, -0.25) is 0 Å². The SMILES string of the molecule is BrCc1ccccc1.O=C(O)c1cccc(Br)c1. The summed E-state index contributed by atoms with van der Waals surface area (Å²) in [5.74, 6) is -0.902. The first-order chi connectivity index (χ1) is 8.63. The van der Waals surface area contributed by atoms with Crippen LogP contribution in [0.4, 0.5) is 0 Å². The van der Waals surface area contributed by atoms with Crippen LogP contribution in [0.3, 0.4) is 0 Å². The van der Waals surface area contributed by atoms with Gasteiger partial charge in [0.1, 0.15) is 0 Å². The summed E-state index contributed by atoms with van der Waals surface area (Å²) in [5, 5.41) is 9.44. The third-order valence-electron chi connectivity index (χ3n) is 2.07. The van der Waals surface area contributed by atoms with Gasteiger partial charge in [0.15, 0.2) is 0 Å². The Hall–Kier alpha value is -1.13. The molecule has 2 aromatic carbocycles. The van der Waals surface area contributed by atoms with E-state index in [1.807, 2.05) is 18.2 Å². The third-order valence-corrected chi connectivity index (χ3v) is 3.21. The molecule has 0 atom stereocenters. The zero-order valence-corrected chi connectivity index (χ0v) is 12.7. The van der Waals surface area contributed by atoms with Crippen molar-refractivity contribution in [3.63, 3.8) is 0 Å². The van der Waals surface area contributed by atoms with Crippen LogP contribution < -0.4 is 0 Å². The lowest BCUT2D eigenvalue weighted by atomic mass is 10.2. The Morgan fingerprint density at radius 2 is 1.72 bits per heavy atom. The fourth-order valence-corrected chi connectivity index (χ4v) is 1.96. The number of hydrogen-bond donors (Lipinski definition) is 1. The van der Waals surface area contributed by atoms with Crippen molar-refractivity contribution in [2.45, 2.75) is 5.33 Å². The number of carboxylic acid groups (broad SMARTS) is 1. The molecule has 1 N–H and O–H groups in total. The van der Waals surface area contributed by atoms with E-state index >= 15 is 0 Å². The van der Waals surface area contributed by atoms with E-state index in [-0.39, 0.29) is 0 Å². The maximum atomic E-state index is 10.3. The van der Waals surface area contributed by atoms with E-state index in [4.69, 9.17) is 5.11 Å². The highest BCUT2D eigenvalue weighted by atomic mass is 79.9. The van der Waals surface area contributed by atoms with Crippen molar-refractivity contribution >= 4 is 37.8 Å². The molecule has 0 aromatic heterocycles. The number of carbonyl (C=O) groups is 1. The Balaban J connectivity index is 0.000000184. The fraction of sp³-hybridized carbons (Fsp3) is 0.0714. The lowest BCUT2D eigenvalue weighted by Crippen LogP contribution is -1.94. The Morgan fingerprint density at radius 1 is 1.06 bits per heavy atom. The van der Waals surface area contributed by atoms with E-state index in [2.05, 4.69) is 44.0 Å². The Bertz CT molecular complexity index is 498. The molecule has 94 valence electrons. The molecule has 2 aromatic rings. The largest absolute Gasteiger partial charge is 0.478 e. The molecule has 2 nitrogen and oxygen atoms in total. The van der Waals surface area contributed by atoms with Crippen molar-refractivity contribution in [2.75, 3.05) is 0 Å². The molecule has 0 unspecified atom stereocenters. The summed E-state index contributed by atoms with van der Waals surface area (Å²) in [5.41, 5.74) is 1.63. The van der Waals surface area contributed by atoms with Crippen molar-refractivity contribution in [1.82, 2.24) is 0 Å². The molecule has 4 heteroatoms. The molecule has 0 amide bonds. The molecule has 0 saturated carbocycles. The summed E-state index contributed by atoms with van der Waals surface area (Å²) in [4.78, 5) is 10.3. The van der Waals surface area contributed by atoms with Gasteiger partial charge in [0.25, 0.3) is 0 Å². The van der Waals surface area contributed by atoms with E-state index in [9.17, 15) is 4.79 Å². The third kappa shape index (κ3) is 5.47. The Kier molecular flexibility index (Phi) is 6.68. The standard InChI is InChI=1S/C7H5BrO2.C7H7Br/c8-6-3-1-2-5(4-6)7(9)10;8-6-7-4-2-1-3-5-7/h1-4H,(H,9,10);1-5H,6H2. The van der Waals surface area contributed by atoms with Gasteiger partial charge in [-0.2, -0.15) is 0 Å². The van der Waals surface area contributed by atoms with E-state index in [1.54, 1.807) is 24.3 Å². The van der Waals surface area contributed by atoms with Gasteiger partial charge in [-0.05, 0) is 23.8 Å². The summed E-state index contributed by atoms with van der Waals surface area (Å²) >= 11 is 6.52. The number of aromatic carboxylic acids is 1. The van der Waals surface area contributed by atoms with Crippen LogP contribution in [0.1, 0.15) is 15.9 Å². The summed E-state index contributed by atoms with van der Waals surface area (Å²) < 4.78 is 0.785. The normalized spacial score (nSPS) is 9.22. The second-order valence-electron chi connectivity index (χ2n) is 3.43. The lowest BCUT2D eigenvalue weighted by Gasteiger charge is -1.92. The predicted octanol–water partition coefficient (Wildman–Crippen LogP) is 4.73. The molecule has 0 fully saturated rings. The molecule has 0 aliphatic rings. The average Bonchev–Trinajstić information content (AvgIpc) is 2.40. The molecule has 0 spiro atoms. The quantitative estimate of drug-likeness (QED) is 0.775. The number of rotatable bonds is 2. The van der Waals surface area contributed by atoms with Crippen LogP contribution in [0.15, 0.2) is 59.1 Å². The van der Waals surface area contributed by atoms with Crippen molar-refractivity contribution in [3.8, 4) is 0 Å². The van der Waals surface area contributed by atoms with Gasteiger partial charge in [-0.1, -0.05) is 68.3 Å². The summed E-state index contributed by atoms with van der Waals surface area (Å²) in [6.45, 7) is 0. The van der Waals surface area contributed by atoms with E-state index in [0.29, 0.717) is 5.56 Å². The Morgan fingerprint density at radius 3 is 2.11 bits per heavy atom. The van der Waals surface area contributed by atoms with Crippen LogP contribution in [-0.2, 0) is 5.33 Å². The van der Waals surface area contributed by atoms with E-state index < -0.39 is 5.97 Å². The molecule has 0 aliphatic heterocycles. The highest BCUT2D eigenvalue weighted by molar-refractivity contribution is 9.10. The molecule has 0 radical (unpaired) electrons. The minimum absolute atomic E-state index is 0.300. The molecular weight excluding hydrogens is 360 g/mol. The second kappa shape index (κ2) is 8.06. The van der Waals surface area contributed by atoms with Crippen LogP contribution in [0, 0.1) is 0 Å². The number of carboxylic acids is 1. The van der Waals surface area contributed by atoms with Crippen molar-refractivity contribution in [3.05, 3.63) is 70.2 Å². The second-order valence-corrected chi connectivity index (χ2v) is 4.91. The molecule has 0 aliphatic carbocycles. The van der Waals surface area contributed by atoms with E-state index in [1.165, 1.54) is 5.56 Å². The number of halogens is 2. The predicted molar refractivity (Wildman–Crippen MR) is 80.2 cm³/mol. The molecule has 0 bridgehead atoms. The average molecular weight is 372 g/mol. The van der Waals surface area contributed by atoms with Gasteiger partial charge in [0, 0.05) is 9.80 Å². The van der Waals surface area contributed by atoms with Crippen LogP contribution in [0.25, 0.3) is 0 Å². The number of hydrogen-bond acceptors (Lipinski definition) is 1. The molecule has 2 rings (SSSR count). The van der Waals surface area contributed by atoms with Gasteiger partial charge < -0.3 is 5.11 Å². The summed E-state index contributed by atoms with van der Waals surface area (Å²) in [6, 6.07) is 16.9. The van der Waals surface area contributed by atoms with Crippen LogP contribution >= 0.6 is 31.9 Å². The zero-order chi connectivity index (χ0) is 13.4. The zero-order valence-electron chi connectivity index (χ0n) is 9.51. The van der Waals surface area contributed by atoms with E-state index in [0.717, 1.165) is 9.80 Å². The van der Waals surface area contributed by atoms with Gasteiger partial charge in [0.2, 0.25) is 0 Å².